The molecule has 2 aliphatic heterocycles. The standard InChI is InChI=1S/C31H33F2N7O2/c1-4-20-22(32)9-8-18-15-23(41)36-27(24(18)20)28-25(33)26-21(16-35-28)29(39(3)17-19-7-5-6-12-34-19)38-30(37-26)40-13-10-31(2,42)11-14-40/h1,8-9,15-16,19,34,42H,5-7,10-14,17H2,2-3H3,(H,36,41)/t19-/m1/s1. The Bertz CT molecular complexity index is 1770. The molecule has 6 rings (SSSR count). The first-order valence-electron chi connectivity index (χ1n) is 14.3. The molecule has 0 radical (unpaired) electrons. The maximum atomic E-state index is 16.6. The average Bonchev–Trinajstić information content (AvgIpc) is 2.97. The summed E-state index contributed by atoms with van der Waals surface area (Å²) in [6.45, 7) is 4.42. The highest BCUT2D eigenvalue weighted by Crippen LogP contribution is 2.35. The van der Waals surface area contributed by atoms with Crippen molar-refractivity contribution in [1.82, 2.24) is 25.3 Å². The monoisotopic (exact) mass is 573 g/mol. The smallest absolute Gasteiger partial charge is 0.249 e. The first-order chi connectivity index (χ1) is 20.1. The molecule has 11 heteroatoms. The number of aromatic amines is 1. The second-order valence-corrected chi connectivity index (χ2v) is 11.6. The number of aliphatic hydroxyl groups is 1. The second-order valence-electron chi connectivity index (χ2n) is 11.6. The van der Waals surface area contributed by atoms with Gasteiger partial charge in [0.25, 0.3) is 0 Å². The highest BCUT2D eigenvalue weighted by Gasteiger charge is 2.30. The number of nitrogens with zero attached hydrogens (tertiary/aromatic N) is 5. The van der Waals surface area contributed by atoms with E-state index in [0.29, 0.717) is 55.0 Å². The summed E-state index contributed by atoms with van der Waals surface area (Å²) in [7, 11) is 1.92. The van der Waals surface area contributed by atoms with Crippen LogP contribution in [0.15, 0.2) is 29.2 Å². The van der Waals surface area contributed by atoms with E-state index >= 15 is 4.39 Å². The van der Waals surface area contributed by atoms with Crippen molar-refractivity contribution >= 4 is 33.4 Å². The lowest BCUT2D eigenvalue weighted by molar-refractivity contribution is 0.0349. The van der Waals surface area contributed by atoms with Crippen LogP contribution in [0.25, 0.3) is 33.1 Å². The molecule has 3 aromatic heterocycles. The van der Waals surface area contributed by atoms with Gasteiger partial charge in [0.15, 0.2) is 5.82 Å². The van der Waals surface area contributed by atoms with Crippen LogP contribution < -0.4 is 20.7 Å². The molecule has 4 aromatic rings. The number of halogens is 2. The summed E-state index contributed by atoms with van der Waals surface area (Å²) in [6.07, 6.45) is 11.5. The molecule has 2 aliphatic rings. The minimum absolute atomic E-state index is 0.0140. The molecule has 0 amide bonds. The molecule has 0 bridgehead atoms. The van der Waals surface area contributed by atoms with Gasteiger partial charge in [-0.1, -0.05) is 18.4 Å². The molecule has 1 atom stereocenters. The van der Waals surface area contributed by atoms with Crippen LogP contribution >= 0.6 is 0 Å². The number of anilines is 2. The fourth-order valence-electron chi connectivity index (χ4n) is 5.99. The van der Waals surface area contributed by atoms with Crippen molar-refractivity contribution in [3.63, 3.8) is 0 Å². The molecular formula is C31H33F2N7O2. The Morgan fingerprint density at radius 1 is 1.24 bits per heavy atom. The number of pyridine rings is 2. The fraction of sp³-hybridized carbons (Fsp3) is 0.419. The van der Waals surface area contributed by atoms with Crippen molar-refractivity contribution < 1.29 is 13.9 Å². The van der Waals surface area contributed by atoms with Gasteiger partial charge in [-0.25, -0.2) is 13.8 Å². The van der Waals surface area contributed by atoms with Gasteiger partial charge in [-0.15, -0.1) is 6.42 Å². The van der Waals surface area contributed by atoms with E-state index in [1.165, 1.54) is 24.4 Å². The summed E-state index contributed by atoms with van der Waals surface area (Å²) in [5.41, 5.74) is -1.56. The van der Waals surface area contributed by atoms with Gasteiger partial charge in [0.1, 0.15) is 22.8 Å². The molecule has 0 aliphatic carbocycles. The van der Waals surface area contributed by atoms with E-state index in [4.69, 9.17) is 11.4 Å². The number of H-pyrrole nitrogens is 1. The molecular weight excluding hydrogens is 540 g/mol. The average molecular weight is 574 g/mol. The third kappa shape index (κ3) is 5.16. The normalized spacial score (nSPS) is 18.8. The van der Waals surface area contributed by atoms with Crippen LogP contribution in [0.4, 0.5) is 20.5 Å². The van der Waals surface area contributed by atoms with Gasteiger partial charge in [0.2, 0.25) is 11.5 Å². The van der Waals surface area contributed by atoms with E-state index in [2.05, 4.69) is 26.2 Å². The van der Waals surface area contributed by atoms with Crippen molar-refractivity contribution in [3.05, 3.63) is 51.9 Å². The predicted molar refractivity (Wildman–Crippen MR) is 160 cm³/mol. The van der Waals surface area contributed by atoms with Crippen LogP contribution in [0, 0.1) is 24.0 Å². The van der Waals surface area contributed by atoms with Crippen LogP contribution in [0.1, 0.15) is 44.6 Å². The summed E-state index contributed by atoms with van der Waals surface area (Å²) in [5.74, 6) is 1.76. The van der Waals surface area contributed by atoms with E-state index in [-0.39, 0.29) is 33.9 Å². The van der Waals surface area contributed by atoms with E-state index in [0.717, 1.165) is 25.8 Å². The second kappa shape index (κ2) is 10.9. The summed E-state index contributed by atoms with van der Waals surface area (Å²) in [5, 5.41) is 15.0. The van der Waals surface area contributed by atoms with Crippen LogP contribution in [0.2, 0.25) is 0 Å². The van der Waals surface area contributed by atoms with E-state index in [9.17, 15) is 14.3 Å². The number of hydrogen-bond donors (Lipinski definition) is 3. The third-order valence-corrected chi connectivity index (χ3v) is 8.40. The van der Waals surface area contributed by atoms with E-state index < -0.39 is 22.8 Å². The lowest BCUT2D eigenvalue weighted by atomic mass is 9.94. The number of hydrogen-bond acceptors (Lipinski definition) is 8. The fourth-order valence-corrected chi connectivity index (χ4v) is 5.99. The Labute approximate surface area is 242 Å². The maximum Gasteiger partial charge on any atom is 0.249 e. The number of nitrogens with one attached hydrogen (secondary N) is 2. The number of piperidine rings is 2. The predicted octanol–water partition coefficient (Wildman–Crippen LogP) is 3.72. The van der Waals surface area contributed by atoms with Gasteiger partial charge in [-0.2, -0.15) is 4.98 Å². The molecule has 1 aromatic carbocycles. The maximum absolute atomic E-state index is 16.6. The zero-order valence-electron chi connectivity index (χ0n) is 23.7. The van der Waals surface area contributed by atoms with Crippen LogP contribution in [-0.4, -0.2) is 69.9 Å². The molecule has 0 saturated carbocycles. The molecule has 3 N–H and O–H groups in total. The largest absolute Gasteiger partial charge is 0.390 e. The van der Waals surface area contributed by atoms with Gasteiger partial charge >= 0.3 is 0 Å². The minimum atomic E-state index is -0.786. The van der Waals surface area contributed by atoms with Crippen LogP contribution in [0.3, 0.4) is 0 Å². The zero-order valence-corrected chi connectivity index (χ0v) is 23.7. The van der Waals surface area contributed by atoms with Crippen LogP contribution in [-0.2, 0) is 0 Å². The Kier molecular flexibility index (Phi) is 7.29. The molecule has 5 heterocycles. The Morgan fingerprint density at radius 2 is 2.02 bits per heavy atom. The Morgan fingerprint density at radius 3 is 2.74 bits per heavy atom. The SMILES string of the molecule is C#Cc1c(F)ccc2cc(=O)[nH]c(-c3ncc4c(N(C)C[C@H]5CCCCN5)nc(N5CCC(C)(O)CC5)nc4c3F)c12. The van der Waals surface area contributed by atoms with Crippen LogP contribution in [0.5, 0.6) is 0 Å². The molecule has 9 nitrogen and oxygen atoms in total. The zero-order chi connectivity index (χ0) is 29.6. The molecule has 2 fully saturated rings. The molecule has 2 saturated heterocycles. The molecule has 42 heavy (non-hydrogen) atoms. The number of fused-ring (bicyclic) bond motifs is 2. The number of benzene rings is 1. The lowest BCUT2D eigenvalue weighted by Crippen LogP contribution is -2.44. The quantitative estimate of drug-likeness (QED) is 0.310. The molecule has 0 spiro atoms. The number of likely N-dealkylation sites (N-methyl/N-ethyl adjacent to an activating group) is 1. The van der Waals surface area contributed by atoms with Crippen molar-refractivity contribution in [2.24, 2.45) is 0 Å². The van der Waals surface area contributed by atoms with Gasteiger partial charge in [-0.05, 0) is 50.6 Å². The van der Waals surface area contributed by atoms with Gasteiger partial charge < -0.3 is 25.2 Å². The highest BCUT2D eigenvalue weighted by atomic mass is 19.1. The number of aromatic nitrogens is 4. The third-order valence-electron chi connectivity index (χ3n) is 8.40. The summed E-state index contributed by atoms with van der Waals surface area (Å²) < 4.78 is 31.3. The summed E-state index contributed by atoms with van der Waals surface area (Å²) >= 11 is 0. The van der Waals surface area contributed by atoms with Gasteiger partial charge in [-0.3, -0.25) is 9.78 Å². The molecule has 0 unspecified atom stereocenters. The van der Waals surface area contributed by atoms with E-state index in [1.54, 1.807) is 6.92 Å². The number of terminal acetylenes is 1. The van der Waals surface area contributed by atoms with Gasteiger partial charge in [0, 0.05) is 50.4 Å². The highest BCUT2D eigenvalue weighted by molar-refractivity contribution is 6.00. The van der Waals surface area contributed by atoms with Crippen molar-refractivity contribution in [2.45, 2.75) is 50.7 Å². The first kappa shape index (κ1) is 28.0. The lowest BCUT2D eigenvalue weighted by Gasteiger charge is -2.36. The number of rotatable bonds is 5. The first-order valence-corrected chi connectivity index (χ1v) is 14.3. The summed E-state index contributed by atoms with van der Waals surface area (Å²) in [4.78, 5) is 33.1. The Balaban J connectivity index is 1.54. The topological polar surface area (TPSA) is 110 Å². The Hall–Kier alpha value is -4.14. The molecule has 218 valence electrons. The van der Waals surface area contributed by atoms with Gasteiger partial charge in [0.05, 0.1) is 22.2 Å². The van der Waals surface area contributed by atoms with Crippen molar-refractivity contribution in [1.29, 1.82) is 0 Å². The van der Waals surface area contributed by atoms with E-state index in [1.807, 2.05) is 16.8 Å². The van der Waals surface area contributed by atoms with Crippen molar-refractivity contribution in [2.75, 3.05) is 43.0 Å². The minimum Gasteiger partial charge on any atom is -0.390 e. The summed E-state index contributed by atoms with van der Waals surface area (Å²) in [6, 6.07) is 4.16. The van der Waals surface area contributed by atoms with Crippen molar-refractivity contribution in [3.8, 4) is 23.7 Å².